The summed E-state index contributed by atoms with van der Waals surface area (Å²) in [5, 5.41) is 10.7. The lowest BCUT2D eigenvalue weighted by molar-refractivity contribution is -0.213. The highest BCUT2D eigenvalue weighted by molar-refractivity contribution is 5.69. The molecule has 4 aliphatic carbocycles. The van der Waals surface area contributed by atoms with Crippen LogP contribution in [0.5, 0.6) is 0 Å². The Bertz CT molecular complexity index is 696. The Morgan fingerprint density at radius 3 is 2.52 bits per heavy atom. The first-order valence-electron chi connectivity index (χ1n) is 13.5. The van der Waals surface area contributed by atoms with Gasteiger partial charge < -0.3 is 19.3 Å². The lowest BCUT2D eigenvalue weighted by Gasteiger charge is -2.63. The van der Waals surface area contributed by atoms with E-state index in [9.17, 15) is 9.90 Å². The Morgan fingerprint density at radius 1 is 1.09 bits per heavy atom. The van der Waals surface area contributed by atoms with Gasteiger partial charge >= 0.3 is 5.97 Å². The molecule has 0 aromatic heterocycles. The summed E-state index contributed by atoms with van der Waals surface area (Å²) in [6.07, 6.45) is 9.69. The summed E-state index contributed by atoms with van der Waals surface area (Å²) in [7, 11) is 3.21. The largest absolute Gasteiger partial charge is 0.469 e. The van der Waals surface area contributed by atoms with E-state index in [1.807, 2.05) is 0 Å². The molecule has 0 aromatic carbocycles. The molecule has 190 valence electrons. The van der Waals surface area contributed by atoms with Crippen molar-refractivity contribution < 1.29 is 24.1 Å². The van der Waals surface area contributed by atoms with Crippen molar-refractivity contribution >= 4 is 5.97 Å². The molecule has 5 heteroatoms. The minimum atomic E-state index is -0.178. The van der Waals surface area contributed by atoms with Gasteiger partial charge in [-0.2, -0.15) is 0 Å². The van der Waals surface area contributed by atoms with Gasteiger partial charge in [0.2, 0.25) is 0 Å². The van der Waals surface area contributed by atoms with Crippen molar-refractivity contribution in [2.45, 2.75) is 97.7 Å². The molecule has 1 N–H and O–H groups in total. The highest BCUT2D eigenvalue weighted by atomic mass is 16.7. The second-order valence-electron chi connectivity index (χ2n) is 12.6. The molecule has 4 rings (SSSR count). The van der Waals surface area contributed by atoms with E-state index in [2.05, 4.69) is 27.7 Å². The molecule has 11 atom stereocenters. The second kappa shape index (κ2) is 9.78. The number of hydrogen-bond donors (Lipinski definition) is 1. The smallest absolute Gasteiger partial charge is 0.305 e. The molecule has 4 aliphatic rings. The molecular weight excluding hydrogens is 416 g/mol. The van der Waals surface area contributed by atoms with Gasteiger partial charge in [0, 0.05) is 13.5 Å². The molecule has 33 heavy (non-hydrogen) atoms. The number of hydrogen-bond acceptors (Lipinski definition) is 5. The van der Waals surface area contributed by atoms with Crippen LogP contribution in [0.2, 0.25) is 0 Å². The van der Waals surface area contributed by atoms with E-state index in [4.69, 9.17) is 14.2 Å². The minimum Gasteiger partial charge on any atom is -0.469 e. The van der Waals surface area contributed by atoms with Gasteiger partial charge in [-0.1, -0.05) is 27.7 Å². The van der Waals surface area contributed by atoms with Gasteiger partial charge in [0.25, 0.3) is 0 Å². The number of esters is 1. The molecule has 0 heterocycles. The van der Waals surface area contributed by atoms with E-state index in [-0.39, 0.29) is 18.2 Å². The zero-order valence-corrected chi connectivity index (χ0v) is 21.8. The normalized spacial score (nSPS) is 47.8. The Kier molecular flexibility index (Phi) is 7.54. The van der Waals surface area contributed by atoms with Crippen LogP contribution in [0, 0.1) is 52.3 Å². The van der Waals surface area contributed by atoms with Gasteiger partial charge in [-0.15, -0.1) is 0 Å². The van der Waals surface area contributed by atoms with Crippen molar-refractivity contribution in [3.8, 4) is 0 Å². The molecule has 0 aliphatic heterocycles. The van der Waals surface area contributed by atoms with E-state index in [0.29, 0.717) is 65.5 Å². The van der Waals surface area contributed by atoms with Gasteiger partial charge in [-0.3, -0.25) is 4.79 Å². The average molecular weight is 465 g/mol. The molecule has 5 nitrogen and oxygen atoms in total. The van der Waals surface area contributed by atoms with Crippen molar-refractivity contribution in [2.24, 2.45) is 52.3 Å². The number of carbonyl (C=O) groups is 1. The Morgan fingerprint density at radius 2 is 1.82 bits per heavy atom. The average Bonchev–Trinajstić information content (AvgIpc) is 3.14. The lowest BCUT2D eigenvalue weighted by Crippen LogP contribution is -2.60. The van der Waals surface area contributed by atoms with Crippen molar-refractivity contribution in [3.05, 3.63) is 0 Å². The maximum Gasteiger partial charge on any atom is 0.305 e. The van der Waals surface area contributed by atoms with Crippen LogP contribution in [0.15, 0.2) is 0 Å². The Labute approximate surface area is 201 Å². The topological polar surface area (TPSA) is 65.0 Å². The van der Waals surface area contributed by atoms with Crippen LogP contribution in [0.1, 0.15) is 85.5 Å². The van der Waals surface area contributed by atoms with Gasteiger partial charge in [0.15, 0.2) is 0 Å². The van der Waals surface area contributed by atoms with Gasteiger partial charge in [-0.05, 0) is 104 Å². The molecule has 0 amide bonds. The third-order valence-electron chi connectivity index (χ3n) is 11.2. The van der Waals surface area contributed by atoms with E-state index < -0.39 is 0 Å². The first-order chi connectivity index (χ1) is 15.7. The van der Waals surface area contributed by atoms with Crippen molar-refractivity contribution in [2.75, 3.05) is 21.0 Å². The van der Waals surface area contributed by atoms with Crippen LogP contribution in [0.25, 0.3) is 0 Å². The van der Waals surface area contributed by atoms with Crippen LogP contribution in [-0.2, 0) is 19.0 Å². The lowest BCUT2D eigenvalue weighted by atomic mass is 9.43. The second-order valence-corrected chi connectivity index (χ2v) is 12.6. The number of aliphatic hydroxyl groups excluding tert-OH is 1. The highest BCUT2D eigenvalue weighted by Gasteiger charge is 2.63. The number of rotatable bonds is 7. The first kappa shape index (κ1) is 25.4. The van der Waals surface area contributed by atoms with Gasteiger partial charge in [0.1, 0.15) is 6.79 Å². The summed E-state index contributed by atoms with van der Waals surface area (Å²) in [4.78, 5) is 11.8. The summed E-state index contributed by atoms with van der Waals surface area (Å²) in [6, 6.07) is 0. The maximum atomic E-state index is 11.8. The first-order valence-corrected chi connectivity index (χ1v) is 13.5. The molecular formula is C28H48O5. The SMILES string of the molecule is COCOC1C[C@@H]2C[C@@H](O)[C@H](C)C[C@]2(C)C2CC[C@@]3(C)C(CC[C@@H]3[C@H](C)CCC(=O)OC)C12. The highest BCUT2D eigenvalue weighted by Crippen LogP contribution is 2.69. The molecule has 0 aromatic rings. The third-order valence-corrected chi connectivity index (χ3v) is 11.2. The number of aliphatic hydroxyl groups is 1. The van der Waals surface area contributed by atoms with Crippen LogP contribution in [0.4, 0.5) is 0 Å². The molecule has 4 fully saturated rings. The predicted molar refractivity (Wildman–Crippen MR) is 128 cm³/mol. The zero-order valence-electron chi connectivity index (χ0n) is 21.8. The van der Waals surface area contributed by atoms with Crippen LogP contribution in [0.3, 0.4) is 0 Å². The molecule has 4 saturated carbocycles. The molecule has 0 saturated heterocycles. The molecule has 0 radical (unpaired) electrons. The number of carbonyl (C=O) groups excluding carboxylic acids is 1. The minimum absolute atomic E-state index is 0.0851. The summed E-state index contributed by atoms with van der Waals surface area (Å²) < 4.78 is 16.7. The summed E-state index contributed by atoms with van der Waals surface area (Å²) in [5.74, 6) is 3.93. The van der Waals surface area contributed by atoms with E-state index in [1.54, 1.807) is 7.11 Å². The van der Waals surface area contributed by atoms with E-state index in [1.165, 1.54) is 32.8 Å². The van der Waals surface area contributed by atoms with Crippen molar-refractivity contribution in [3.63, 3.8) is 0 Å². The third kappa shape index (κ3) is 4.40. The summed E-state index contributed by atoms with van der Waals surface area (Å²) in [5.41, 5.74) is 0.612. The monoisotopic (exact) mass is 464 g/mol. The van der Waals surface area contributed by atoms with Crippen LogP contribution < -0.4 is 0 Å². The Hall–Kier alpha value is -0.650. The zero-order chi connectivity index (χ0) is 24.0. The van der Waals surface area contributed by atoms with Crippen molar-refractivity contribution in [1.82, 2.24) is 0 Å². The fourth-order valence-electron chi connectivity index (χ4n) is 9.49. The van der Waals surface area contributed by atoms with Crippen molar-refractivity contribution in [1.29, 1.82) is 0 Å². The van der Waals surface area contributed by atoms with Crippen LogP contribution in [-0.4, -0.2) is 44.3 Å². The van der Waals surface area contributed by atoms with E-state index >= 15 is 0 Å². The fraction of sp³-hybridized carbons (Fsp3) is 0.964. The standard InChI is InChI=1S/C28H48O5/c1-17(7-10-25(30)32-6)20-8-9-21-26-22(11-12-27(20,21)3)28(4)15-18(2)23(29)13-19(28)14-24(26)33-16-31-5/h17-24,26,29H,7-16H2,1-6H3/t17-,18-,19+,20-,21?,22?,23-,24?,26?,27-,28+/m1/s1. The summed E-state index contributed by atoms with van der Waals surface area (Å²) >= 11 is 0. The number of methoxy groups -OCH3 is 2. The predicted octanol–water partition coefficient (Wildman–Crippen LogP) is 5.44. The fourth-order valence-corrected chi connectivity index (χ4v) is 9.49. The molecule has 4 unspecified atom stereocenters. The number of fused-ring (bicyclic) bond motifs is 5. The molecule has 0 spiro atoms. The van der Waals surface area contributed by atoms with Gasteiger partial charge in [0.05, 0.1) is 19.3 Å². The van der Waals surface area contributed by atoms with Crippen LogP contribution >= 0.6 is 0 Å². The van der Waals surface area contributed by atoms with E-state index in [0.717, 1.165) is 25.7 Å². The quantitative estimate of drug-likeness (QED) is 0.401. The number of ether oxygens (including phenoxy) is 3. The Balaban J connectivity index is 1.59. The van der Waals surface area contributed by atoms with Gasteiger partial charge in [-0.25, -0.2) is 0 Å². The maximum absolute atomic E-state index is 11.8. The summed E-state index contributed by atoms with van der Waals surface area (Å²) in [6.45, 7) is 10.1. The molecule has 0 bridgehead atoms.